The highest BCUT2D eigenvalue weighted by atomic mass is 16.5. The largest absolute Gasteiger partial charge is 0.369 e. The molecule has 0 aliphatic carbocycles. The predicted molar refractivity (Wildman–Crippen MR) is 64.4 cm³/mol. The van der Waals surface area contributed by atoms with E-state index in [-0.39, 0.29) is 24.2 Å². The van der Waals surface area contributed by atoms with Gasteiger partial charge in [-0.3, -0.25) is 9.69 Å². The van der Waals surface area contributed by atoms with Crippen molar-refractivity contribution in [1.29, 1.82) is 0 Å². The van der Waals surface area contributed by atoms with Crippen LogP contribution in [0, 0.1) is 0 Å². The van der Waals surface area contributed by atoms with Gasteiger partial charge in [-0.1, -0.05) is 0 Å². The summed E-state index contributed by atoms with van der Waals surface area (Å²) < 4.78 is 5.35. The van der Waals surface area contributed by atoms with Crippen LogP contribution in [0.4, 0.5) is 0 Å². The summed E-state index contributed by atoms with van der Waals surface area (Å²) in [6, 6.07) is 0. The zero-order valence-corrected chi connectivity index (χ0v) is 11.1. The van der Waals surface area contributed by atoms with Gasteiger partial charge in [0.05, 0.1) is 6.10 Å². The summed E-state index contributed by atoms with van der Waals surface area (Å²) in [7, 11) is 2.10. The maximum absolute atomic E-state index is 11.9. The van der Waals surface area contributed by atoms with Crippen LogP contribution in [0.5, 0.6) is 0 Å². The molecule has 1 saturated heterocycles. The fourth-order valence-electron chi connectivity index (χ4n) is 1.78. The van der Waals surface area contributed by atoms with Gasteiger partial charge in [-0.05, 0) is 34.7 Å². The average Bonchev–Trinajstić information content (AvgIpc) is 2.18. The van der Waals surface area contributed by atoms with Gasteiger partial charge in [-0.2, -0.15) is 0 Å². The molecule has 0 aromatic carbocycles. The molecule has 0 aromatic heterocycles. The second-order valence-electron chi connectivity index (χ2n) is 5.41. The van der Waals surface area contributed by atoms with E-state index in [1.165, 1.54) is 0 Å². The Bertz CT molecular complexity index is 251. The number of ether oxygens (including phenoxy) is 1. The molecule has 94 valence electrons. The van der Waals surface area contributed by atoms with E-state index in [4.69, 9.17) is 4.74 Å². The van der Waals surface area contributed by atoms with Crippen molar-refractivity contribution in [2.45, 2.75) is 39.3 Å². The van der Waals surface area contributed by atoms with Crippen LogP contribution in [0.1, 0.15) is 27.7 Å². The minimum Gasteiger partial charge on any atom is -0.369 e. The number of likely N-dealkylation sites (N-methyl/N-ethyl adjacent to an activating group) is 1. The van der Waals surface area contributed by atoms with Crippen LogP contribution in [-0.4, -0.2) is 60.6 Å². The summed E-state index contributed by atoms with van der Waals surface area (Å²) in [5, 5.41) is 0. The van der Waals surface area contributed by atoms with Crippen LogP contribution < -0.4 is 0 Å². The summed E-state index contributed by atoms with van der Waals surface area (Å²) in [4.78, 5) is 16.1. The first-order valence-electron chi connectivity index (χ1n) is 5.93. The highest BCUT2D eigenvalue weighted by Gasteiger charge is 2.33. The number of hydrogen-bond donors (Lipinski definition) is 0. The van der Waals surface area contributed by atoms with Crippen LogP contribution in [0.2, 0.25) is 0 Å². The molecule has 0 aromatic rings. The summed E-state index contributed by atoms with van der Waals surface area (Å²) >= 11 is 0. The molecule has 16 heavy (non-hydrogen) atoms. The van der Waals surface area contributed by atoms with Gasteiger partial charge >= 0.3 is 0 Å². The Hall–Kier alpha value is -0.610. The Morgan fingerprint density at radius 3 is 2.50 bits per heavy atom. The first-order valence-corrected chi connectivity index (χ1v) is 5.93. The highest BCUT2D eigenvalue weighted by Crippen LogP contribution is 2.18. The molecule has 0 saturated carbocycles. The molecule has 1 aliphatic rings. The van der Waals surface area contributed by atoms with Crippen molar-refractivity contribution >= 4 is 5.91 Å². The Labute approximate surface area is 98.5 Å². The van der Waals surface area contributed by atoms with Crippen LogP contribution in [0.25, 0.3) is 0 Å². The second-order valence-corrected chi connectivity index (χ2v) is 5.41. The second kappa shape index (κ2) is 5.15. The Morgan fingerprint density at radius 2 is 2.00 bits per heavy atom. The van der Waals surface area contributed by atoms with Gasteiger partial charge in [0.1, 0.15) is 6.61 Å². The molecule has 0 N–H and O–H groups in total. The van der Waals surface area contributed by atoms with E-state index in [9.17, 15) is 4.79 Å². The predicted octanol–water partition coefficient (Wildman–Crippen LogP) is 0.964. The first-order chi connectivity index (χ1) is 7.33. The molecule has 0 radical (unpaired) electrons. The molecular formula is C12H24N2O2. The van der Waals surface area contributed by atoms with E-state index in [1.807, 2.05) is 18.7 Å². The van der Waals surface area contributed by atoms with E-state index >= 15 is 0 Å². The summed E-state index contributed by atoms with van der Waals surface area (Å²) in [6.07, 6.45) is 0.115. The maximum Gasteiger partial charge on any atom is 0.248 e. The van der Waals surface area contributed by atoms with E-state index in [0.29, 0.717) is 0 Å². The monoisotopic (exact) mass is 228 g/mol. The molecule has 1 heterocycles. The lowest BCUT2D eigenvalue weighted by Crippen LogP contribution is -2.59. The molecule has 0 unspecified atom stereocenters. The zero-order chi connectivity index (χ0) is 12.3. The molecule has 0 atom stereocenters. The quantitative estimate of drug-likeness (QED) is 0.721. The normalized spacial score (nSPS) is 21.5. The number of piperazine rings is 1. The van der Waals surface area contributed by atoms with E-state index < -0.39 is 0 Å². The molecule has 0 bridgehead atoms. The van der Waals surface area contributed by atoms with Crippen molar-refractivity contribution < 1.29 is 9.53 Å². The lowest BCUT2D eigenvalue weighted by Gasteiger charge is -2.45. The van der Waals surface area contributed by atoms with Crippen molar-refractivity contribution in [3.8, 4) is 0 Å². The third kappa shape index (κ3) is 3.46. The highest BCUT2D eigenvalue weighted by molar-refractivity contribution is 5.77. The van der Waals surface area contributed by atoms with Gasteiger partial charge in [-0.15, -0.1) is 0 Å². The lowest BCUT2D eigenvalue weighted by atomic mass is 10.00. The maximum atomic E-state index is 11.9. The molecule has 0 spiro atoms. The molecule has 1 rings (SSSR count). The molecule has 1 aliphatic heterocycles. The van der Waals surface area contributed by atoms with Gasteiger partial charge in [0.25, 0.3) is 0 Å². The molecule has 1 amide bonds. The van der Waals surface area contributed by atoms with E-state index in [1.54, 1.807) is 0 Å². The minimum atomic E-state index is 0.0613. The van der Waals surface area contributed by atoms with Crippen LogP contribution in [0.3, 0.4) is 0 Å². The summed E-state index contributed by atoms with van der Waals surface area (Å²) in [5.41, 5.74) is 0.0613. The minimum absolute atomic E-state index is 0.0613. The number of carbonyl (C=O) groups is 1. The Kier molecular flexibility index (Phi) is 4.33. The summed E-state index contributed by atoms with van der Waals surface area (Å²) in [6.45, 7) is 10.9. The number of hydrogen-bond acceptors (Lipinski definition) is 3. The van der Waals surface area contributed by atoms with Gasteiger partial charge in [0.2, 0.25) is 5.91 Å². The van der Waals surface area contributed by atoms with Crippen molar-refractivity contribution in [1.82, 2.24) is 9.80 Å². The third-order valence-corrected chi connectivity index (χ3v) is 3.21. The van der Waals surface area contributed by atoms with Gasteiger partial charge in [0, 0.05) is 25.2 Å². The van der Waals surface area contributed by atoms with E-state index in [0.717, 1.165) is 19.6 Å². The van der Waals surface area contributed by atoms with Gasteiger partial charge < -0.3 is 9.64 Å². The SMILES string of the molecule is CC(C)OCC(=O)N1CCN(C)C(C)(C)C1. The van der Waals surface area contributed by atoms with Crippen LogP contribution in [0.15, 0.2) is 0 Å². The van der Waals surface area contributed by atoms with Crippen molar-refractivity contribution in [3.63, 3.8) is 0 Å². The molecule has 4 heteroatoms. The standard InChI is InChI=1S/C12H24N2O2/c1-10(2)16-8-11(15)14-7-6-13(5)12(3,4)9-14/h10H,6-9H2,1-5H3. The third-order valence-electron chi connectivity index (χ3n) is 3.21. The fraction of sp³-hybridized carbons (Fsp3) is 0.917. The van der Waals surface area contributed by atoms with E-state index in [2.05, 4.69) is 25.8 Å². The smallest absolute Gasteiger partial charge is 0.248 e. The first kappa shape index (κ1) is 13.5. The Balaban J connectivity index is 2.46. The molecule has 4 nitrogen and oxygen atoms in total. The number of rotatable bonds is 3. The van der Waals surface area contributed by atoms with Gasteiger partial charge in [0.15, 0.2) is 0 Å². The van der Waals surface area contributed by atoms with Crippen LogP contribution >= 0.6 is 0 Å². The summed E-state index contributed by atoms with van der Waals surface area (Å²) in [5.74, 6) is 0.106. The van der Waals surface area contributed by atoms with Gasteiger partial charge in [-0.25, -0.2) is 0 Å². The number of nitrogens with zero attached hydrogens (tertiary/aromatic N) is 2. The molecular weight excluding hydrogens is 204 g/mol. The topological polar surface area (TPSA) is 32.8 Å². The Morgan fingerprint density at radius 1 is 1.38 bits per heavy atom. The number of carbonyl (C=O) groups excluding carboxylic acids is 1. The van der Waals surface area contributed by atoms with Crippen LogP contribution in [-0.2, 0) is 9.53 Å². The van der Waals surface area contributed by atoms with Crippen molar-refractivity contribution in [2.75, 3.05) is 33.3 Å². The fourth-order valence-corrected chi connectivity index (χ4v) is 1.78. The number of amides is 1. The zero-order valence-electron chi connectivity index (χ0n) is 11.1. The lowest BCUT2D eigenvalue weighted by molar-refractivity contribution is -0.142. The van der Waals surface area contributed by atoms with Crippen molar-refractivity contribution in [2.24, 2.45) is 0 Å². The molecule has 1 fully saturated rings. The van der Waals surface area contributed by atoms with Crippen molar-refractivity contribution in [3.05, 3.63) is 0 Å². The average molecular weight is 228 g/mol.